The second kappa shape index (κ2) is 7.74. The lowest BCUT2D eigenvalue weighted by Crippen LogP contribution is -2.50. The zero-order valence-corrected chi connectivity index (χ0v) is 14.2. The third-order valence-corrected chi connectivity index (χ3v) is 4.47. The van der Waals surface area contributed by atoms with Gasteiger partial charge in [0.05, 0.1) is 12.2 Å². The fourth-order valence-electron chi connectivity index (χ4n) is 3.05. The number of carbonyl (C=O) groups is 1. The van der Waals surface area contributed by atoms with Gasteiger partial charge in [-0.2, -0.15) is 5.10 Å². The van der Waals surface area contributed by atoms with Gasteiger partial charge in [-0.15, -0.1) is 0 Å². The standard InChI is InChI=1S/C18H22F2N4O/c1-2-24-11-13(10-22-24)9-21-17-4-3-7-23(18(17)25)12-14-5-6-15(19)8-16(14)20/h5-6,8,10-11,17,21H,2-4,7,9,12H2,1H3. The van der Waals surface area contributed by atoms with Crippen LogP contribution in [-0.2, 0) is 24.4 Å². The fourth-order valence-corrected chi connectivity index (χ4v) is 3.05. The molecule has 1 aliphatic heterocycles. The topological polar surface area (TPSA) is 50.2 Å². The van der Waals surface area contributed by atoms with Crippen molar-refractivity contribution in [3.8, 4) is 0 Å². The van der Waals surface area contributed by atoms with Gasteiger partial charge in [0, 0.05) is 49.6 Å². The molecule has 0 radical (unpaired) electrons. The van der Waals surface area contributed by atoms with E-state index in [0.717, 1.165) is 31.0 Å². The van der Waals surface area contributed by atoms with Gasteiger partial charge in [-0.3, -0.25) is 9.48 Å². The number of amides is 1. The summed E-state index contributed by atoms with van der Waals surface area (Å²) in [6, 6.07) is 3.18. The molecular weight excluding hydrogens is 326 g/mol. The molecule has 1 amide bonds. The van der Waals surface area contributed by atoms with E-state index in [4.69, 9.17) is 0 Å². The third kappa shape index (κ3) is 4.22. The van der Waals surface area contributed by atoms with Gasteiger partial charge in [-0.05, 0) is 25.8 Å². The Balaban J connectivity index is 1.60. The van der Waals surface area contributed by atoms with Crippen LogP contribution in [0, 0.1) is 11.6 Å². The first-order valence-electron chi connectivity index (χ1n) is 8.54. The molecular formula is C18H22F2N4O. The van der Waals surface area contributed by atoms with Gasteiger partial charge in [-0.25, -0.2) is 8.78 Å². The first kappa shape index (κ1) is 17.5. The summed E-state index contributed by atoms with van der Waals surface area (Å²) < 4.78 is 28.7. The highest BCUT2D eigenvalue weighted by Crippen LogP contribution is 2.18. The van der Waals surface area contributed by atoms with E-state index in [2.05, 4.69) is 10.4 Å². The lowest BCUT2D eigenvalue weighted by molar-refractivity contribution is -0.136. The number of benzene rings is 1. The number of aryl methyl sites for hydroxylation is 1. The first-order chi connectivity index (χ1) is 12.1. The molecule has 1 aliphatic rings. The van der Waals surface area contributed by atoms with E-state index < -0.39 is 11.6 Å². The van der Waals surface area contributed by atoms with E-state index in [-0.39, 0.29) is 18.5 Å². The van der Waals surface area contributed by atoms with Crippen molar-refractivity contribution in [2.45, 2.75) is 45.4 Å². The Morgan fingerprint density at radius 3 is 2.92 bits per heavy atom. The summed E-state index contributed by atoms with van der Waals surface area (Å²) in [6.07, 6.45) is 5.34. The van der Waals surface area contributed by atoms with E-state index in [1.807, 2.05) is 17.8 Å². The van der Waals surface area contributed by atoms with Gasteiger partial charge < -0.3 is 10.2 Å². The van der Waals surface area contributed by atoms with Crippen molar-refractivity contribution >= 4 is 5.91 Å². The molecule has 7 heteroatoms. The summed E-state index contributed by atoms with van der Waals surface area (Å²) in [5.41, 5.74) is 1.36. The van der Waals surface area contributed by atoms with Crippen LogP contribution in [0.15, 0.2) is 30.6 Å². The predicted octanol–water partition coefficient (Wildman–Crippen LogP) is 2.46. The number of piperidine rings is 1. The summed E-state index contributed by atoms with van der Waals surface area (Å²) in [5, 5.41) is 7.48. The monoisotopic (exact) mass is 348 g/mol. The zero-order chi connectivity index (χ0) is 17.8. The van der Waals surface area contributed by atoms with Crippen molar-refractivity contribution in [3.05, 3.63) is 53.4 Å². The normalized spacial score (nSPS) is 18.0. The molecule has 25 heavy (non-hydrogen) atoms. The molecule has 0 spiro atoms. The molecule has 0 bridgehead atoms. The van der Waals surface area contributed by atoms with Gasteiger partial charge in [-0.1, -0.05) is 6.07 Å². The summed E-state index contributed by atoms with van der Waals surface area (Å²) in [7, 11) is 0. The lowest BCUT2D eigenvalue weighted by atomic mass is 10.0. The number of aromatic nitrogens is 2. The maximum absolute atomic E-state index is 13.8. The smallest absolute Gasteiger partial charge is 0.240 e. The van der Waals surface area contributed by atoms with E-state index in [1.165, 1.54) is 12.1 Å². The maximum Gasteiger partial charge on any atom is 0.240 e. The highest BCUT2D eigenvalue weighted by Gasteiger charge is 2.28. The van der Waals surface area contributed by atoms with Crippen LogP contribution < -0.4 is 5.32 Å². The molecule has 2 aromatic rings. The van der Waals surface area contributed by atoms with E-state index in [0.29, 0.717) is 18.7 Å². The van der Waals surface area contributed by atoms with Crippen LogP contribution in [0.2, 0.25) is 0 Å². The largest absolute Gasteiger partial charge is 0.337 e. The average Bonchev–Trinajstić information content (AvgIpc) is 3.06. The van der Waals surface area contributed by atoms with Crippen LogP contribution in [0.5, 0.6) is 0 Å². The Labute approximate surface area is 145 Å². The molecule has 1 saturated heterocycles. The van der Waals surface area contributed by atoms with E-state index >= 15 is 0 Å². The Morgan fingerprint density at radius 1 is 1.36 bits per heavy atom. The van der Waals surface area contributed by atoms with Gasteiger partial charge in [0.15, 0.2) is 0 Å². The van der Waals surface area contributed by atoms with Crippen LogP contribution in [0.1, 0.15) is 30.9 Å². The van der Waals surface area contributed by atoms with Crippen molar-refractivity contribution in [3.63, 3.8) is 0 Å². The van der Waals surface area contributed by atoms with Crippen molar-refractivity contribution < 1.29 is 13.6 Å². The van der Waals surface area contributed by atoms with E-state index in [9.17, 15) is 13.6 Å². The molecule has 3 rings (SSSR count). The summed E-state index contributed by atoms with van der Waals surface area (Å²) in [4.78, 5) is 14.3. The first-order valence-corrected chi connectivity index (χ1v) is 8.54. The van der Waals surface area contributed by atoms with Gasteiger partial charge in [0.2, 0.25) is 5.91 Å². The summed E-state index contributed by atoms with van der Waals surface area (Å²) in [5.74, 6) is -1.27. The molecule has 1 fully saturated rings. The second-order valence-electron chi connectivity index (χ2n) is 6.28. The van der Waals surface area contributed by atoms with Crippen LogP contribution >= 0.6 is 0 Å². The van der Waals surface area contributed by atoms with Gasteiger partial charge >= 0.3 is 0 Å². The minimum Gasteiger partial charge on any atom is -0.337 e. The van der Waals surface area contributed by atoms with Crippen LogP contribution in [0.25, 0.3) is 0 Å². The number of hydrogen-bond acceptors (Lipinski definition) is 3. The SMILES string of the molecule is CCn1cc(CNC2CCCN(Cc3ccc(F)cc3F)C2=O)cn1. The number of nitrogens with zero attached hydrogens (tertiary/aromatic N) is 3. The van der Waals surface area contributed by atoms with Crippen LogP contribution in [0.3, 0.4) is 0 Å². The Bertz CT molecular complexity index is 746. The minimum atomic E-state index is -0.616. The number of hydrogen-bond donors (Lipinski definition) is 1. The molecule has 2 heterocycles. The molecule has 0 saturated carbocycles. The van der Waals surface area contributed by atoms with Crippen LogP contribution in [0.4, 0.5) is 8.78 Å². The fraction of sp³-hybridized carbons (Fsp3) is 0.444. The highest BCUT2D eigenvalue weighted by atomic mass is 19.1. The van der Waals surface area contributed by atoms with Gasteiger partial charge in [0.1, 0.15) is 11.6 Å². The molecule has 134 valence electrons. The number of nitrogens with one attached hydrogen (secondary N) is 1. The Morgan fingerprint density at radius 2 is 2.20 bits per heavy atom. The highest BCUT2D eigenvalue weighted by molar-refractivity contribution is 5.82. The Hall–Kier alpha value is -2.28. The molecule has 1 aromatic carbocycles. The quantitative estimate of drug-likeness (QED) is 0.872. The van der Waals surface area contributed by atoms with Crippen molar-refractivity contribution in [1.29, 1.82) is 0 Å². The predicted molar refractivity (Wildman–Crippen MR) is 89.5 cm³/mol. The van der Waals surface area contributed by atoms with Gasteiger partial charge in [0.25, 0.3) is 0 Å². The molecule has 1 N–H and O–H groups in total. The molecule has 1 aromatic heterocycles. The maximum atomic E-state index is 13.8. The number of rotatable bonds is 6. The minimum absolute atomic E-state index is 0.0436. The number of likely N-dealkylation sites (tertiary alicyclic amines) is 1. The summed E-state index contributed by atoms with van der Waals surface area (Å²) in [6.45, 7) is 4.13. The Kier molecular flexibility index (Phi) is 5.43. The van der Waals surface area contributed by atoms with Crippen LogP contribution in [-0.4, -0.2) is 33.2 Å². The average molecular weight is 348 g/mol. The van der Waals surface area contributed by atoms with E-state index in [1.54, 1.807) is 11.1 Å². The van der Waals surface area contributed by atoms with Crippen molar-refractivity contribution in [1.82, 2.24) is 20.0 Å². The molecule has 1 unspecified atom stereocenters. The zero-order valence-electron chi connectivity index (χ0n) is 14.2. The third-order valence-electron chi connectivity index (χ3n) is 4.47. The summed E-state index contributed by atoms with van der Waals surface area (Å²) >= 11 is 0. The lowest BCUT2D eigenvalue weighted by Gasteiger charge is -2.33. The number of carbonyl (C=O) groups excluding carboxylic acids is 1. The number of halogens is 2. The molecule has 1 atom stereocenters. The van der Waals surface area contributed by atoms with Crippen molar-refractivity contribution in [2.24, 2.45) is 0 Å². The molecule has 5 nitrogen and oxygen atoms in total. The van der Waals surface area contributed by atoms with Crippen molar-refractivity contribution in [2.75, 3.05) is 6.54 Å². The molecule has 0 aliphatic carbocycles. The second-order valence-corrected chi connectivity index (χ2v) is 6.28.